The normalized spacial score (nSPS) is 12.3. The number of amides is 1. The van der Waals surface area contributed by atoms with Crippen molar-refractivity contribution in [3.05, 3.63) is 106 Å². The van der Waals surface area contributed by atoms with Gasteiger partial charge in [0.05, 0.1) is 11.4 Å². The molecule has 3 aromatic carbocycles. The highest BCUT2D eigenvalue weighted by Crippen LogP contribution is 2.11. The fourth-order valence-corrected chi connectivity index (χ4v) is 4.63. The van der Waals surface area contributed by atoms with E-state index in [2.05, 4.69) is 4.99 Å². The minimum atomic E-state index is -0.263. The van der Waals surface area contributed by atoms with Gasteiger partial charge in [0, 0.05) is 5.56 Å². The number of hydrogen-bond donors (Lipinski definition) is 0. The van der Waals surface area contributed by atoms with Gasteiger partial charge in [0.1, 0.15) is 0 Å². The van der Waals surface area contributed by atoms with Gasteiger partial charge in [-0.15, -0.1) is 0 Å². The van der Waals surface area contributed by atoms with E-state index in [9.17, 15) is 4.79 Å². The molecule has 0 aliphatic heterocycles. The SMILES string of the molecule is O=C(N=c1ssc(=Nc2ccccc2)n1-c1ccccc1)c1ccccc1. The van der Waals surface area contributed by atoms with Gasteiger partial charge in [-0.3, -0.25) is 9.36 Å². The first-order valence-electron chi connectivity index (χ1n) is 8.33. The maximum atomic E-state index is 12.6. The molecule has 4 nitrogen and oxygen atoms in total. The molecule has 6 heteroatoms. The van der Waals surface area contributed by atoms with Crippen LogP contribution in [0.4, 0.5) is 5.69 Å². The molecule has 0 atom stereocenters. The van der Waals surface area contributed by atoms with Crippen molar-refractivity contribution in [2.75, 3.05) is 0 Å². The number of carbonyl (C=O) groups is 1. The molecule has 4 aromatic rings. The predicted octanol–water partition coefficient (Wildman–Crippen LogP) is 4.57. The molecule has 0 aliphatic carbocycles. The zero-order chi connectivity index (χ0) is 18.5. The Morgan fingerprint density at radius 3 is 1.93 bits per heavy atom. The second-order valence-electron chi connectivity index (χ2n) is 5.63. The van der Waals surface area contributed by atoms with Crippen molar-refractivity contribution in [2.24, 2.45) is 9.98 Å². The largest absolute Gasteiger partial charge is 0.279 e. The van der Waals surface area contributed by atoms with E-state index in [0.29, 0.717) is 10.4 Å². The van der Waals surface area contributed by atoms with Gasteiger partial charge in [-0.1, -0.05) is 54.6 Å². The first-order valence-corrected chi connectivity index (χ1v) is 10.5. The molecule has 0 saturated carbocycles. The van der Waals surface area contributed by atoms with Crippen LogP contribution in [0.2, 0.25) is 0 Å². The summed E-state index contributed by atoms with van der Waals surface area (Å²) in [5, 5.41) is 0. The Hall–Kier alpha value is -3.09. The van der Waals surface area contributed by atoms with Crippen LogP contribution in [0.25, 0.3) is 5.69 Å². The molecule has 0 spiro atoms. The number of para-hydroxylation sites is 2. The first kappa shape index (κ1) is 17.3. The van der Waals surface area contributed by atoms with Gasteiger partial charge in [0.2, 0.25) is 9.60 Å². The van der Waals surface area contributed by atoms with Gasteiger partial charge in [0.25, 0.3) is 5.91 Å². The van der Waals surface area contributed by atoms with Crippen LogP contribution in [0.3, 0.4) is 0 Å². The number of aromatic nitrogens is 1. The van der Waals surface area contributed by atoms with Crippen LogP contribution in [0.1, 0.15) is 10.4 Å². The van der Waals surface area contributed by atoms with Crippen molar-refractivity contribution in [1.82, 2.24) is 4.57 Å². The van der Waals surface area contributed by atoms with Crippen molar-refractivity contribution in [1.29, 1.82) is 0 Å². The number of hydrogen-bond acceptors (Lipinski definition) is 4. The molecule has 1 aromatic heterocycles. The Kier molecular flexibility index (Phi) is 5.18. The van der Waals surface area contributed by atoms with Crippen LogP contribution >= 0.6 is 20.7 Å². The smallest absolute Gasteiger partial charge is 0.267 e. The fourth-order valence-electron chi connectivity index (χ4n) is 2.51. The van der Waals surface area contributed by atoms with E-state index in [4.69, 9.17) is 4.99 Å². The standard InChI is InChI=1S/C21H15N3OS2/c25-19(16-10-4-1-5-11-16)23-21-24(18-14-8-3-9-15-18)20(26-27-21)22-17-12-6-2-7-13-17/h1-15H. The van der Waals surface area contributed by atoms with E-state index in [0.717, 1.165) is 16.2 Å². The van der Waals surface area contributed by atoms with Crippen LogP contribution in [0.15, 0.2) is 101 Å². The van der Waals surface area contributed by atoms with Gasteiger partial charge in [-0.2, -0.15) is 4.99 Å². The third-order valence-corrected chi connectivity index (χ3v) is 5.86. The lowest BCUT2D eigenvalue weighted by atomic mass is 10.2. The summed E-state index contributed by atoms with van der Waals surface area (Å²) < 4.78 is 1.92. The number of benzene rings is 3. The quantitative estimate of drug-likeness (QED) is 0.473. The van der Waals surface area contributed by atoms with E-state index < -0.39 is 0 Å². The highest BCUT2D eigenvalue weighted by molar-refractivity contribution is 7.67. The molecule has 0 N–H and O–H groups in total. The molecule has 0 radical (unpaired) electrons. The highest BCUT2D eigenvalue weighted by atomic mass is 32.9. The molecular weight excluding hydrogens is 374 g/mol. The second kappa shape index (κ2) is 8.07. The predicted molar refractivity (Wildman–Crippen MR) is 110 cm³/mol. The Bertz CT molecular complexity index is 1170. The molecule has 0 saturated heterocycles. The lowest BCUT2D eigenvalue weighted by Gasteiger charge is -2.02. The molecule has 27 heavy (non-hydrogen) atoms. The Morgan fingerprint density at radius 1 is 0.704 bits per heavy atom. The third-order valence-electron chi connectivity index (χ3n) is 3.79. The van der Waals surface area contributed by atoms with Gasteiger partial charge in [0.15, 0.2) is 0 Å². The van der Waals surface area contributed by atoms with E-state index in [1.165, 1.54) is 20.7 Å². The van der Waals surface area contributed by atoms with Gasteiger partial charge < -0.3 is 0 Å². The molecule has 0 aliphatic rings. The van der Waals surface area contributed by atoms with Crippen LogP contribution in [0.5, 0.6) is 0 Å². The van der Waals surface area contributed by atoms with Gasteiger partial charge >= 0.3 is 0 Å². The monoisotopic (exact) mass is 389 g/mol. The second-order valence-corrected chi connectivity index (χ2v) is 7.70. The molecule has 132 valence electrons. The fraction of sp³-hybridized carbons (Fsp3) is 0. The van der Waals surface area contributed by atoms with Gasteiger partial charge in [-0.25, -0.2) is 4.99 Å². The van der Waals surface area contributed by atoms with Crippen molar-refractivity contribution in [3.63, 3.8) is 0 Å². The van der Waals surface area contributed by atoms with E-state index in [1.807, 2.05) is 83.4 Å². The van der Waals surface area contributed by atoms with Crippen LogP contribution in [-0.2, 0) is 0 Å². The summed E-state index contributed by atoms with van der Waals surface area (Å²) in [5.74, 6) is -0.263. The molecule has 1 amide bonds. The highest BCUT2D eigenvalue weighted by Gasteiger charge is 2.08. The van der Waals surface area contributed by atoms with Crippen molar-refractivity contribution in [2.45, 2.75) is 0 Å². The Labute approximate surface area is 163 Å². The van der Waals surface area contributed by atoms with E-state index >= 15 is 0 Å². The maximum Gasteiger partial charge on any atom is 0.279 e. The molecule has 4 rings (SSSR count). The lowest BCUT2D eigenvalue weighted by molar-refractivity contribution is 0.0998. The minimum Gasteiger partial charge on any atom is -0.267 e. The Balaban J connectivity index is 1.90. The van der Waals surface area contributed by atoms with E-state index in [1.54, 1.807) is 12.1 Å². The lowest BCUT2D eigenvalue weighted by Crippen LogP contribution is -2.25. The summed E-state index contributed by atoms with van der Waals surface area (Å²) >= 11 is 0. The van der Waals surface area contributed by atoms with Crippen molar-refractivity contribution >= 4 is 32.3 Å². The van der Waals surface area contributed by atoms with Crippen molar-refractivity contribution in [3.8, 4) is 5.69 Å². The molecule has 0 fully saturated rings. The summed E-state index contributed by atoms with van der Waals surface area (Å²) in [6.45, 7) is 0. The van der Waals surface area contributed by atoms with Crippen LogP contribution in [0, 0.1) is 0 Å². The number of nitrogens with zero attached hydrogens (tertiary/aromatic N) is 3. The minimum absolute atomic E-state index is 0.263. The van der Waals surface area contributed by atoms with Crippen molar-refractivity contribution < 1.29 is 4.79 Å². The van der Waals surface area contributed by atoms with Crippen LogP contribution < -0.4 is 9.60 Å². The van der Waals surface area contributed by atoms with Gasteiger partial charge in [-0.05, 0) is 57.1 Å². The maximum absolute atomic E-state index is 12.6. The topological polar surface area (TPSA) is 46.7 Å². The number of rotatable bonds is 3. The summed E-state index contributed by atoms with van der Waals surface area (Å²) in [7, 11) is 2.93. The molecule has 0 unspecified atom stereocenters. The van der Waals surface area contributed by atoms with Crippen LogP contribution in [-0.4, -0.2) is 10.5 Å². The molecule has 1 heterocycles. The first-order chi connectivity index (χ1) is 13.3. The van der Waals surface area contributed by atoms with E-state index in [-0.39, 0.29) is 5.91 Å². The zero-order valence-corrected chi connectivity index (χ0v) is 15.9. The average molecular weight is 390 g/mol. The molecular formula is C21H15N3OS2. The summed E-state index contributed by atoms with van der Waals surface area (Å²) in [6, 6.07) is 28.7. The summed E-state index contributed by atoms with van der Waals surface area (Å²) in [5.41, 5.74) is 2.35. The zero-order valence-electron chi connectivity index (χ0n) is 14.2. The molecule has 0 bridgehead atoms. The third kappa shape index (κ3) is 4.02. The number of carbonyl (C=O) groups excluding carboxylic acids is 1. The summed E-state index contributed by atoms with van der Waals surface area (Å²) in [4.78, 5) is 23.0. The Morgan fingerprint density at radius 2 is 1.26 bits per heavy atom. The average Bonchev–Trinajstić information content (AvgIpc) is 3.12. The summed E-state index contributed by atoms with van der Waals surface area (Å²) in [6.07, 6.45) is 0.